The van der Waals surface area contributed by atoms with Gasteiger partial charge in [0.2, 0.25) is 0 Å². The molecule has 1 aliphatic rings. The third-order valence-electron chi connectivity index (χ3n) is 10.4. The zero-order valence-corrected chi connectivity index (χ0v) is 30.9. The Morgan fingerprint density at radius 3 is 0.650 bits per heavy atom. The molecule has 4 aromatic carbocycles. The summed E-state index contributed by atoms with van der Waals surface area (Å²) >= 11 is 0. The standard InChI is InChI=1S/C44H28N8O8/c53-49(54)29-9-1-25(2-10-29)41-33-17-19-35(45-33)42(26-3-11-30(12-4-26)50(55)56)37-21-23-39(47-37)44(28-7-15-32(16-8-28)52(59)60)40-24-22-38(48-40)43(36-20-18-34(41)46-36)27-5-13-31(14-6-27)51(57)58/h1-24,45-48H/b41-33-,41-34?,42-35-,42-37?,43-36?,43-38-,44-39?,44-40?. The Balaban J connectivity index is 1.40. The molecule has 1 aliphatic heterocycles. The van der Waals surface area contributed by atoms with E-state index in [4.69, 9.17) is 0 Å². The van der Waals surface area contributed by atoms with E-state index in [-0.39, 0.29) is 22.7 Å². The van der Waals surface area contributed by atoms with Gasteiger partial charge in [-0.15, -0.1) is 0 Å². The highest BCUT2D eigenvalue weighted by Gasteiger charge is 2.20. The van der Waals surface area contributed by atoms with Crippen LogP contribution >= 0.6 is 0 Å². The van der Waals surface area contributed by atoms with Crippen LogP contribution < -0.4 is 21.4 Å². The van der Waals surface area contributed by atoms with Crippen molar-refractivity contribution in [3.05, 3.63) is 252 Å². The van der Waals surface area contributed by atoms with Crippen LogP contribution in [0.3, 0.4) is 0 Å². The molecule has 0 saturated heterocycles. The van der Waals surface area contributed by atoms with Crippen molar-refractivity contribution in [2.24, 2.45) is 0 Å². The van der Waals surface area contributed by atoms with E-state index in [1.807, 2.05) is 48.5 Å². The topological polar surface area (TPSA) is 236 Å². The molecule has 60 heavy (non-hydrogen) atoms. The van der Waals surface area contributed by atoms with E-state index in [0.717, 1.165) is 0 Å². The first kappa shape index (κ1) is 36.7. The number of nitrogens with zero attached hydrogens (tertiary/aromatic N) is 4. The monoisotopic (exact) mass is 796 g/mol. The first-order valence-electron chi connectivity index (χ1n) is 18.3. The maximum absolute atomic E-state index is 11.6. The molecule has 0 aliphatic carbocycles. The van der Waals surface area contributed by atoms with Crippen molar-refractivity contribution in [2.45, 2.75) is 0 Å². The van der Waals surface area contributed by atoms with Crippen LogP contribution in [-0.2, 0) is 0 Å². The fraction of sp³-hybridized carbons (Fsp3) is 0. The molecule has 4 aromatic heterocycles. The molecule has 0 radical (unpaired) electrons. The van der Waals surface area contributed by atoms with E-state index in [2.05, 4.69) is 19.9 Å². The molecule has 0 atom stereocenters. The van der Waals surface area contributed by atoms with Crippen LogP contribution in [0, 0.1) is 40.5 Å². The number of aromatic nitrogens is 4. The molecule has 8 bridgehead atoms. The summed E-state index contributed by atoms with van der Waals surface area (Å²) in [6.07, 6.45) is 0. The average Bonchev–Trinajstić information content (AvgIpc) is 4.10. The summed E-state index contributed by atoms with van der Waals surface area (Å²) in [5, 5.41) is 49.1. The van der Waals surface area contributed by atoms with Gasteiger partial charge in [0.15, 0.2) is 0 Å². The van der Waals surface area contributed by atoms with E-state index < -0.39 is 19.7 Å². The first-order valence-corrected chi connectivity index (χ1v) is 18.3. The summed E-state index contributed by atoms with van der Waals surface area (Å²) in [5.74, 6) is 0. The minimum Gasteiger partial charge on any atom is -0.354 e. The summed E-state index contributed by atoms with van der Waals surface area (Å²) in [6.45, 7) is 0. The maximum Gasteiger partial charge on any atom is 0.269 e. The Hall–Kier alpha value is -8.92. The normalized spacial score (nSPS) is 15.1. The fourth-order valence-corrected chi connectivity index (χ4v) is 7.57. The minimum absolute atomic E-state index is 0.0792. The van der Waals surface area contributed by atoms with Gasteiger partial charge in [-0.2, -0.15) is 0 Å². The van der Waals surface area contributed by atoms with Gasteiger partial charge in [-0.3, -0.25) is 40.5 Å². The van der Waals surface area contributed by atoms with Crippen molar-refractivity contribution in [2.75, 3.05) is 0 Å². The third-order valence-corrected chi connectivity index (χ3v) is 10.4. The zero-order chi connectivity index (χ0) is 41.7. The number of nitrogens with one attached hydrogen (secondary N) is 4. The smallest absolute Gasteiger partial charge is 0.269 e. The van der Waals surface area contributed by atoms with E-state index in [9.17, 15) is 40.5 Å². The number of aromatic amines is 4. The van der Waals surface area contributed by atoms with Gasteiger partial charge < -0.3 is 19.9 Å². The van der Waals surface area contributed by atoms with Gasteiger partial charge in [0.1, 0.15) is 0 Å². The Bertz CT molecular complexity index is 2870. The van der Waals surface area contributed by atoms with E-state index in [1.54, 1.807) is 48.5 Å². The molecule has 0 fully saturated rings. The van der Waals surface area contributed by atoms with Crippen LogP contribution in [-0.4, -0.2) is 39.6 Å². The Labute approximate surface area is 336 Å². The molecule has 0 unspecified atom stereocenters. The van der Waals surface area contributed by atoms with Crippen molar-refractivity contribution in [3.8, 4) is 0 Å². The molecule has 4 N–H and O–H groups in total. The number of H-pyrrole nitrogens is 4. The van der Waals surface area contributed by atoms with Crippen molar-refractivity contribution in [1.82, 2.24) is 19.9 Å². The fourth-order valence-electron chi connectivity index (χ4n) is 7.57. The summed E-state index contributed by atoms with van der Waals surface area (Å²) < 4.78 is 0. The lowest BCUT2D eigenvalue weighted by Crippen LogP contribution is -2.19. The molecule has 16 nitrogen and oxygen atoms in total. The number of nitro benzene ring substituents is 4. The van der Waals surface area contributed by atoms with Gasteiger partial charge in [0.05, 0.1) is 19.7 Å². The van der Waals surface area contributed by atoms with Crippen LogP contribution in [0.25, 0.3) is 22.3 Å². The SMILES string of the molecule is O=[N+]([O-])c1ccc(C2=c3cc/c([nH]3)=C(\c3ccc([N+](=O)[O-])cc3)c3ccc([nH]3)/C(c3ccc([N+](=O)[O-])cc3)=c3/cc/c([nH]3)=C(\c3ccc([N+](=O)[O-])cc3)c3ccc2[nH]3)cc1. The van der Waals surface area contributed by atoms with E-state index >= 15 is 0 Å². The predicted octanol–water partition coefficient (Wildman–Crippen LogP) is 5.93. The van der Waals surface area contributed by atoms with Crippen LogP contribution in [0.5, 0.6) is 0 Å². The lowest BCUT2D eigenvalue weighted by molar-refractivity contribution is -0.385. The quantitative estimate of drug-likeness (QED) is 0.106. The highest BCUT2D eigenvalue weighted by Crippen LogP contribution is 2.30. The second-order valence-corrected chi connectivity index (χ2v) is 13.9. The number of nitro groups is 4. The van der Waals surface area contributed by atoms with Gasteiger partial charge in [-0.1, -0.05) is 0 Å². The highest BCUT2D eigenvalue weighted by atomic mass is 16.6. The molecule has 9 rings (SSSR count). The van der Waals surface area contributed by atoms with Crippen LogP contribution in [0.1, 0.15) is 45.0 Å². The third kappa shape index (κ3) is 6.60. The molecule has 16 heteroatoms. The summed E-state index contributed by atoms with van der Waals surface area (Å²) in [6, 6.07) is 39.8. The van der Waals surface area contributed by atoms with Gasteiger partial charge in [0, 0.05) is 115 Å². The molecule has 0 amide bonds. The van der Waals surface area contributed by atoms with Gasteiger partial charge in [-0.25, -0.2) is 0 Å². The van der Waals surface area contributed by atoms with Gasteiger partial charge >= 0.3 is 0 Å². The molecule has 0 saturated carbocycles. The molecular weight excluding hydrogens is 769 g/mol. The largest absolute Gasteiger partial charge is 0.354 e. The molecule has 0 spiro atoms. The van der Waals surface area contributed by atoms with Crippen LogP contribution in [0.4, 0.5) is 22.7 Å². The Kier molecular flexibility index (Phi) is 8.90. The summed E-state index contributed by atoms with van der Waals surface area (Å²) in [7, 11) is 0. The number of non-ortho nitro benzene ring substituents is 4. The lowest BCUT2D eigenvalue weighted by Gasteiger charge is -2.10. The molecule has 5 heterocycles. The maximum atomic E-state index is 11.6. The Morgan fingerprint density at radius 1 is 0.267 bits per heavy atom. The predicted molar refractivity (Wildman–Crippen MR) is 221 cm³/mol. The van der Waals surface area contributed by atoms with Crippen LogP contribution in [0.15, 0.2) is 146 Å². The second kappa shape index (κ2) is 14.5. The summed E-state index contributed by atoms with van der Waals surface area (Å²) in [4.78, 5) is 58.9. The highest BCUT2D eigenvalue weighted by molar-refractivity contribution is 5.85. The number of hydrogen-bond acceptors (Lipinski definition) is 8. The van der Waals surface area contributed by atoms with Gasteiger partial charge in [0.25, 0.3) is 22.7 Å². The first-order chi connectivity index (χ1) is 29.0. The zero-order valence-electron chi connectivity index (χ0n) is 30.9. The second-order valence-electron chi connectivity index (χ2n) is 13.9. The molecule has 292 valence electrons. The van der Waals surface area contributed by atoms with E-state index in [0.29, 0.717) is 88.7 Å². The van der Waals surface area contributed by atoms with Crippen molar-refractivity contribution in [3.63, 3.8) is 0 Å². The van der Waals surface area contributed by atoms with Crippen molar-refractivity contribution < 1.29 is 19.7 Å². The van der Waals surface area contributed by atoms with Gasteiger partial charge in [-0.05, 0) is 119 Å². The number of benzene rings is 4. The number of rotatable bonds is 8. The number of fused-ring (bicyclic) bond motifs is 8. The van der Waals surface area contributed by atoms with Crippen molar-refractivity contribution >= 4 is 45.0 Å². The number of hydrogen-bond donors (Lipinski definition) is 4. The van der Waals surface area contributed by atoms with E-state index in [1.165, 1.54) is 48.5 Å². The average molecular weight is 797 g/mol. The van der Waals surface area contributed by atoms with Crippen molar-refractivity contribution in [1.29, 1.82) is 0 Å². The van der Waals surface area contributed by atoms with Crippen LogP contribution in [0.2, 0.25) is 0 Å². The molecule has 8 aromatic rings. The Morgan fingerprint density at radius 2 is 0.467 bits per heavy atom. The summed E-state index contributed by atoms with van der Waals surface area (Å²) in [5.41, 5.74) is 7.57. The lowest BCUT2D eigenvalue weighted by atomic mass is 10.0. The molecular formula is C44H28N8O8. The minimum atomic E-state index is -0.469.